The Kier molecular flexibility index (Phi) is 5.34. The van der Waals surface area contributed by atoms with Crippen LogP contribution in [0, 0.1) is 11.3 Å². The van der Waals surface area contributed by atoms with Crippen molar-refractivity contribution in [2.75, 3.05) is 28.6 Å². The predicted octanol–water partition coefficient (Wildman–Crippen LogP) is 3.94. The number of nitrogens with one attached hydrogen (secondary N) is 2. The Hall–Kier alpha value is -3.92. The van der Waals surface area contributed by atoms with Crippen LogP contribution in [0.2, 0.25) is 0 Å². The molecule has 0 saturated carbocycles. The Bertz CT molecular complexity index is 1030. The van der Waals surface area contributed by atoms with Crippen molar-refractivity contribution in [1.82, 2.24) is 9.97 Å². The molecule has 0 radical (unpaired) electrons. The first-order chi connectivity index (χ1) is 14.2. The summed E-state index contributed by atoms with van der Waals surface area (Å²) in [6, 6.07) is 17.1. The first-order valence-corrected chi connectivity index (χ1v) is 9.47. The van der Waals surface area contributed by atoms with Gasteiger partial charge in [-0.25, -0.2) is 9.97 Å². The highest BCUT2D eigenvalue weighted by molar-refractivity contribution is 6.04. The van der Waals surface area contributed by atoms with E-state index in [9.17, 15) is 4.79 Å². The molecule has 144 valence electrons. The van der Waals surface area contributed by atoms with E-state index >= 15 is 0 Å². The van der Waals surface area contributed by atoms with Crippen LogP contribution >= 0.6 is 0 Å². The number of rotatable bonds is 5. The van der Waals surface area contributed by atoms with Crippen LogP contribution < -0.4 is 15.5 Å². The summed E-state index contributed by atoms with van der Waals surface area (Å²) in [5, 5.41) is 15.0. The van der Waals surface area contributed by atoms with Gasteiger partial charge >= 0.3 is 0 Å². The SMILES string of the molecule is N#Cc1ccccc1Nc1ncc(C(=O)Nc2ccc(N3CCCC3)cc2)cn1. The topological polar surface area (TPSA) is 93.9 Å². The molecule has 2 N–H and O–H groups in total. The Morgan fingerprint density at radius 3 is 2.38 bits per heavy atom. The molecule has 4 rings (SSSR count). The van der Waals surface area contributed by atoms with Crippen molar-refractivity contribution in [3.05, 3.63) is 72.1 Å². The lowest BCUT2D eigenvalue weighted by molar-refractivity contribution is 0.102. The van der Waals surface area contributed by atoms with Crippen LogP contribution in [0.25, 0.3) is 0 Å². The molecule has 1 fully saturated rings. The fraction of sp³-hybridized carbons (Fsp3) is 0.182. The summed E-state index contributed by atoms with van der Waals surface area (Å²) in [5.74, 6) is 0.0436. The predicted molar refractivity (Wildman–Crippen MR) is 112 cm³/mol. The number of para-hydroxylation sites is 1. The number of nitriles is 1. The number of hydrogen-bond donors (Lipinski definition) is 2. The van der Waals surface area contributed by atoms with Crippen LogP contribution in [-0.2, 0) is 0 Å². The van der Waals surface area contributed by atoms with Crippen molar-refractivity contribution in [1.29, 1.82) is 5.26 Å². The smallest absolute Gasteiger partial charge is 0.258 e. The molecule has 2 heterocycles. The minimum atomic E-state index is -0.275. The van der Waals surface area contributed by atoms with Crippen LogP contribution in [0.5, 0.6) is 0 Å². The number of aromatic nitrogens is 2. The summed E-state index contributed by atoms with van der Waals surface area (Å²) in [5.41, 5.74) is 3.37. The molecule has 0 atom stereocenters. The van der Waals surface area contributed by atoms with E-state index in [0.717, 1.165) is 18.8 Å². The van der Waals surface area contributed by atoms with Crippen molar-refractivity contribution in [3.63, 3.8) is 0 Å². The molecular weight excluding hydrogens is 364 g/mol. The first kappa shape index (κ1) is 18.4. The molecule has 0 bridgehead atoms. The van der Waals surface area contributed by atoms with Gasteiger partial charge in [-0.15, -0.1) is 0 Å². The number of benzene rings is 2. The summed E-state index contributed by atoms with van der Waals surface area (Å²) < 4.78 is 0. The fourth-order valence-electron chi connectivity index (χ4n) is 3.25. The van der Waals surface area contributed by atoms with Gasteiger partial charge < -0.3 is 15.5 Å². The first-order valence-electron chi connectivity index (χ1n) is 9.47. The van der Waals surface area contributed by atoms with E-state index in [4.69, 9.17) is 5.26 Å². The van der Waals surface area contributed by atoms with Crippen molar-refractivity contribution in [2.45, 2.75) is 12.8 Å². The van der Waals surface area contributed by atoms with E-state index in [-0.39, 0.29) is 5.91 Å². The van der Waals surface area contributed by atoms with Crippen LogP contribution in [0.3, 0.4) is 0 Å². The van der Waals surface area contributed by atoms with Gasteiger partial charge in [-0.3, -0.25) is 4.79 Å². The van der Waals surface area contributed by atoms with Gasteiger partial charge in [0, 0.05) is 36.9 Å². The maximum Gasteiger partial charge on any atom is 0.258 e. The van der Waals surface area contributed by atoms with E-state index in [2.05, 4.69) is 31.6 Å². The summed E-state index contributed by atoms with van der Waals surface area (Å²) in [6.07, 6.45) is 5.37. The highest BCUT2D eigenvalue weighted by atomic mass is 16.1. The number of amides is 1. The molecule has 3 aromatic rings. The molecular formula is C22H20N6O. The zero-order chi connectivity index (χ0) is 20.1. The normalized spacial score (nSPS) is 13.0. The van der Waals surface area contributed by atoms with E-state index in [1.165, 1.54) is 30.9 Å². The second-order valence-corrected chi connectivity index (χ2v) is 6.77. The second-order valence-electron chi connectivity index (χ2n) is 6.77. The molecule has 0 unspecified atom stereocenters. The van der Waals surface area contributed by atoms with Gasteiger partial charge in [-0.05, 0) is 49.2 Å². The highest BCUT2D eigenvalue weighted by Crippen LogP contribution is 2.22. The highest BCUT2D eigenvalue weighted by Gasteiger charge is 2.13. The van der Waals surface area contributed by atoms with Gasteiger partial charge in [0.25, 0.3) is 5.91 Å². The third kappa shape index (κ3) is 4.33. The molecule has 0 spiro atoms. The fourth-order valence-corrected chi connectivity index (χ4v) is 3.25. The zero-order valence-corrected chi connectivity index (χ0v) is 15.8. The summed E-state index contributed by atoms with van der Waals surface area (Å²) in [4.78, 5) is 23.2. The van der Waals surface area contributed by atoms with Crippen LogP contribution in [0.15, 0.2) is 60.9 Å². The number of carbonyl (C=O) groups is 1. The molecule has 1 aliphatic rings. The van der Waals surface area contributed by atoms with Gasteiger partial charge in [-0.2, -0.15) is 5.26 Å². The van der Waals surface area contributed by atoms with E-state index < -0.39 is 0 Å². The Balaban J connectivity index is 1.39. The molecule has 7 heteroatoms. The standard InChI is InChI=1S/C22H20N6O/c23-13-16-5-1-2-6-20(16)27-22-24-14-17(15-25-22)21(29)26-18-7-9-19(10-8-18)28-11-3-4-12-28/h1-2,5-10,14-15H,3-4,11-12H2,(H,26,29)(H,24,25,27). The number of hydrogen-bond acceptors (Lipinski definition) is 6. The maximum atomic E-state index is 12.5. The van der Waals surface area contributed by atoms with Crippen LogP contribution in [0.1, 0.15) is 28.8 Å². The molecule has 2 aromatic carbocycles. The number of nitrogens with zero attached hydrogens (tertiary/aromatic N) is 4. The van der Waals surface area contributed by atoms with Crippen molar-refractivity contribution < 1.29 is 4.79 Å². The Morgan fingerprint density at radius 2 is 1.69 bits per heavy atom. The molecule has 0 aliphatic carbocycles. The average molecular weight is 384 g/mol. The van der Waals surface area contributed by atoms with Gasteiger partial charge in [0.1, 0.15) is 6.07 Å². The second kappa shape index (κ2) is 8.40. The third-order valence-corrected chi connectivity index (χ3v) is 4.80. The summed E-state index contributed by atoms with van der Waals surface area (Å²) in [7, 11) is 0. The van der Waals surface area contributed by atoms with Crippen LogP contribution in [0.4, 0.5) is 23.0 Å². The van der Waals surface area contributed by atoms with Gasteiger partial charge in [0.15, 0.2) is 0 Å². The Morgan fingerprint density at radius 1 is 1.00 bits per heavy atom. The average Bonchev–Trinajstić information content (AvgIpc) is 3.30. The molecule has 1 saturated heterocycles. The lowest BCUT2D eigenvalue weighted by Gasteiger charge is -2.17. The van der Waals surface area contributed by atoms with Crippen molar-refractivity contribution in [2.24, 2.45) is 0 Å². The zero-order valence-electron chi connectivity index (χ0n) is 15.8. The quantitative estimate of drug-likeness (QED) is 0.692. The van der Waals surface area contributed by atoms with Crippen molar-refractivity contribution >= 4 is 28.9 Å². The van der Waals surface area contributed by atoms with E-state index in [1.807, 2.05) is 30.3 Å². The Labute approximate surface area is 169 Å². The minimum Gasteiger partial charge on any atom is -0.372 e. The largest absolute Gasteiger partial charge is 0.372 e. The van der Waals surface area contributed by atoms with Crippen molar-refractivity contribution in [3.8, 4) is 6.07 Å². The summed E-state index contributed by atoms with van der Waals surface area (Å²) in [6.45, 7) is 2.17. The van der Waals surface area contributed by atoms with Crippen LogP contribution in [-0.4, -0.2) is 29.0 Å². The van der Waals surface area contributed by atoms with E-state index in [1.54, 1.807) is 18.2 Å². The van der Waals surface area contributed by atoms with Gasteiger partial charge in [0.2, 0.25) is 5.95 Å². The molecule has 29 heavy (non-hydrogen) atoms. The molecule has 7 nitrogen and oxygen atoms in total. The number of carbonyl (C=O) groups excluding carboxylic acids is 1. The maximum absolute atomic E-state index is 12.5. The summed E-state index contributed by atoms with van der Waals surface area (Å²) >= 11 is 0. The molecule has 1 amide bonds. The lowest BCUT2D eigenvalue weighted by Crippen LogP contribution is -2.17. The third-order valence-electron chi connectivity index (χ3n) is 4.80. The van der Waals surface area contributed by atoms with Gasteiger partial charge in [-0.1, -0.05) is 12.1 Å². The lowest BCUT2D eigenvalue weighted by atomic mass is 10.2. The monoisotopic (exact) mass is 384 g/mol. The molecule has 1 aromatic heterocycles. The van der Waals surface area contributed by atoms with Gasteiger partial charge in [0.05, 0.1) is 16.8 Å². The number of anilines is 4. The van der Waals surface area contributed by atoms with E-state index in [0.29, 0.717) is 22.8 Å². The minimum absolute atomic E-state index is 0.275. The molecule has 1 aliphatic heterocycles.